The van der Waals surface area contributed by atoms with Crippen molar-refractivity contribution in [2.75, 3.05) is 19.6 Å². The van der Waals surface area contributed by atoms with E-state index in [0.29, 0.717) is 32.5 Å². The number of carboxylic acid groups (broad SMARTS) is 1. The largest absolute Gasteiger partial charge is 0.480 e. The summed E-state index contributed by atoms with van der Waals surface area (Å²) in [7, 11) is 0. The quantitative estimate of drug-likeness (QED) is 0.736. The molecule has 6 nitrogen and oxygen atoms in total. The molecule has 2 amide bonds. The smallest absolute Gasteiger partial charge is 0.326 e. The van der Waals surface area contributed by atoms with Crippen LogP contribution in [0.1, 0.15) is 52.4 Å². The first kappa shape index (κ1) is 17.5. The number of hydrogen-bond acceptors (Lipinski definition) is 3. The van der Waals surface area contributed by atoms with E-state index in [1.165, 1.54) is 4.90 Å². The number of carbonyl (C=O) groups excluding carboxylic acids is 2. The molecule has 21 heavy (non-hydrogen) atoms. The van der Waals surface area contributed by atoms with Gasteiger partial charge in [-0.05, 0) is 25.7 Å². The predicted octanol–water partition coefficient (Wildman–Crippen LogP) is 1.49. The topological polar surface area (TPSA) is 77.9 Å². The average molecular weight is 298 g/mol. The van der Waals surface area contributed by atoms with Crippen LogP contribution in [0.25, 0.3) is 0 Å². The van der Waals surface area contributed by atoms with Gasteiger partial charge in [0.05, 0.1) is 0 Å². The number of aliphatic carboxylic acids is 1. The van der Waals surface area contributed by atoms with Crippen LogP contribution in [0.5, 0.6) is 0 Å². The SMILES string of the molecule is CCCN(CCC)C(=O)CCC(=O)N1CCCC1C(=O)O. The Morgan fingerprint density at radius 1 is 1.14 bits per heavy atom. The van der Waals surface area contributed by atoms with Gasteiger partial charge < -0.3 is 14.9 Å². The van der Waals surface area contributed by atoms with Crippen LogP contribution in [0, 0.1) is 0 Å². The maximum absolute atomic E-state index is 12.1. The summed E-state index contributed by atoms with van der Waals surface area (Å²) in [5.74, 6) is -1.19. The van der Waals surface area contributed by atoms with E-state index in [4.69, 9.17) is 5.11 Å². The number of rotatable bonds is 8. The van der Waals surface area contributed by atoms with Crippen molar-refractivity contribution in [2.45, 2.75) is 58.4 Å². The summed E-state index contributed by atoms with van der Waals surface area (Å²) >= 11 is 0. The van der Waals surface area contributed by atoms with Crippen LogP contribution in [-0.2, 0) is 14.4 Å². The highest BCUT2D eigenvalue weighted by Crippen LogP contribution is 2.19. The van der Waals surface area contributed by atoms with Crippen molar-refractivity contribution in [1.82, 2.24) is 9.80 Å². The highest BCUT2D eigenvalue weighted by atomic mass is 16.4. The summed E-state index contributed by atoms with van der Waals surface area (Å²) < 4.78 is 0. The van der Waals surface area contributed by atoms with E-state index in [1.807, 2.05) is 13.8 Å². The van der Waals surface area contributed by atoms with Gasteiger partial charge in [-0.1, -0.05) is 13.8 Å². The van der Waals surface area contributed by atoms with Crippen molar-refractivity contribution >= 4 is 17.8 Å². The zero-order chi connectivity index (χ0) is 15.8. The molecule has 0 aromatic carbocycles. The van der Waals surface area contributed by atoms with E-state index in [2.05, 4.69) is 0 Å². The van der Waals surface area contributed by atoms with Crippen LogP contribution in [-0.4, -0.2) is 58.4 Å². The van der Waals surface area contributed by atoms with Crippen LogP contribution in [0.4, 0.5) is 0 Å². The van der Waals surface area contributed by atoms with Gasteiger partial charge in [-0.15, -0.1) is 0 Å². The zero-order valence-corrected chi connectivity index (χ0v) is 13.0. The molecule has 1 N–H and O–H groups in total. The molecule has 0 radical (unpaired) electrons. The van der Waals surface area contributed by atoms with Crippen LogP contribution in [0.2, 0.25) is 0 Å². The van der Waals surface area contributed by atoms with Crippen molar-refractivity contribution in [3.05, 3.63) is 0 Å². The molecule has 0 saturated carbocycles. The lowest BCUT2D eigenvalue weighted by atomic mass is 10.2. The standard InChI is InChI=1S/C15H26N2O4/c1-3-9-16(10-4-2)13(18)7-8-14(19)17-11-5-6-12(17)15(20)21/h12H,3-11H2,1-2H3,(H,20,21). The van der Waals surface area contributed by atoms with Crippen LogP contribution in [0.15, 0.2) is 0 Å². The van der Waals surface area contributed by atoms with Gasteiger partial charge in [0.25, 0.3) is 0 Å². The van der Waals surface area contributed by atoms with Crippen molar-refractivity contribution in [1.29, 1.82) is 0 Å². The fourth-order valence-electron chi connectivity index (χ4n) is 2.74. The Labute approximate surface area is 126 Å². The van der Waals surface area contributed by atoms with Crippen molar-refractivity contribution < 1.29 is 19.5 Å². The number of carboxylic acids is 1. The third-order valence-electron chi connectivity index (χ3n) is 3.75. The molecule has 1 heterocycles. The van der Waals surface area contributed by atoms with Crippen LogP contribution < -0.4 is 0 Å². The Bertz CT molecular complexity index is 378. The first-order valence-corrected chi connectivity index (χ1v) is 7.81. The number of amides is 2. The molecule has 1 aliphatic heterocycles. The second-order valence-electron chi connectivity index (χ2n) is 5.46. The van der Waals surface area contributed by atoms with Gasteiger partial charge in [0.2, 0.25) is 11.8 Å². The summed E-state index contributed by atoms with van der Waals surface area (Å²) in [6.07, 6.45) is 3.29. The van der Waals surface area contributed by atoms with Gasteiger partial charge in [-0.25, -0.2) is 4.79 Å². The van der Waals surface area contributed by atoms with E-state index in [1.54, 1.807) is 4.90 Å². The lowest BCUT2D eigenvalue weighted by Crippen LogP contribution is -2.41. The molecular formula is C15H26N2O4. The number of likely N-dealkylation sites (tertiary alicyclic amines) is 1. The van der Waals surface area contributed by atoms with Gasteiger partial charge >= 0.3 is 5.97 Å². The Hall–Kier alpha value is -1.59. The minimum atomic E-state index is -0.953. The second kappa shape index (κ2) is 8.64. The van der Waals surface area contributed by atoms with Gasteiger partial charge in [0.1, 0.15) is 6.04 Å². The maximum Gasteiger partial charge on any atom is 0.326 e. The summed E-state index contributed by atoms with van der Waals surface area (Å²) in [6, 6.07) is -0.713. The molecule has 120 valence electrons. The third kappa shape index (κ3) is 5.02. The summed E-state index contributed by atoms with van der Waals surface area (Å²) in [5.41, 5.74) is 0. The van der Waals surface area contributed by atoms with Crippen molar-refractivity contribution in [2.24, 2.45) is 0 Å². The molecule has 1 fully saturated rings. The first-order chi connectivity index (χ1) is 10.0. The molecule has 1 rings (SSSR count). The van der Waals surface area contributed by atoms with Crippen LogP contribution >= 0.6 is 0 Å². The predicted molar refractivity (Wildman–Crippen MR) is 78.8 cm³/mol. The molecular weight excluding hydrogens is 272 g/mol. The number of nitrogens with zero attached hydrogens (tertiary/aromatic N) is 2. The van der Waals surface area contributed by atoms with E-state index in [-0.39, 0.29) is 24.7 Å². The van der Waals surface area contributed by atoms with Gasteiger partial charge in [0.15, 0.2) is 0 Å². The molecule has 0 aliphatic carbocycles. The molecule has 1 unspecified atom stereocenters. The fraction of sp³-hybridized carbons (Fsp3) is 0.800. The summed E-state index contributed by atoms with van der Waals surface area (Å²) in [6.45, 7) is 5.94. The number of carbonyl (C=O) groups is 3. The minimum absolute atomic E-state index is 0.0156. The molecule has 1 aliphatic rings. The maximum atomic E-state index is 12.1. The van der Waals surface area contributed by atoms with E-state index >= 15 is 0 Å². The van der Waals surface area contributed by atoms with Gasteiger partial charge in [-0.3, -0.25) is 9.59 Å². The monoisotopic (exact) mass is 298 g/mol. The minimum Gasteiger partial charge on any atom is -0.480 e. The molecule has 6 heteroatoms. The van der Waals surface area contributed by atoms with Crippen LogP contribution in [0.3, 0.4) is 0 Å². The van der Waals surface area contributed by atoms with Crippen molar-refractivity contribution in [3.8, 4) is 0 Å². The normalized spacial score (nSPS) is 17.8. The van der Waals surface area contributed by atoms with E-state index in [9.17, 15) is 14.4 Å². The molecule has 0 bridgehead atoms. The highest BCUT2D eigenvalue weighted by molar-refractivity contribution is 5.87. The Kier molecular flexibility index (Phi) is 7.19. The first-order valence-electron chi connectivity index (χ1n) is 7.81. The van der Waals surface area contributed by atoms with E-state index < -0.39 is 12.0 Å². The van der Waals surface area contributed by atoms with E-state index in [0.717, 1.165) is 12.8 Å². The molecule has 0 spiro atoms. The Morgan fingerprint density at radius 2 is 1.76 bits per heavy atom. The lowest BCUT2D eigenvalue weighted by molar-refractivity contribution is -0.148. The Balaban J connectivity index is 2.47. The molecule has 1 atom stereocenters. The number of hydrogen-bond donors (Lipinski definition) is 1. The Morgan fingerprint density at radius 3 is 2.29 bits per heavy atom. The molecule has 1 saturated heterocycles. The second-order valence-corrected chi connectivity index (χ2v) is 5.46. The van der Waals surface area contributed by atoms with Crippen molar-refractivity contribution in [3.63, 3.8) is 0 Å². The third-order valence-corrected chi connectivity index (χ3v) is 3.75. The van der Waals surface area contributed by atoms with Gasteiger partial charge in [0, 0.05) is 32.5 Å². The molecule has 0 aromatic heterocycles. The molecule has 0 aromatic rings. The van der Waals surface area contributed by atoms with Gasteiger partial charge in [-0.2, -0.15) is 0 Å². The average Bonchev–Trinajstić information content (AvgIpc) is 2.93. The zero-order valence-electron chi connectivity index (χ0n) is 13.0. The summed E-state index contributed by atoms with van der Waals surface area (Å²) in [4.78, 5) is 38.4. The highest BCUT2D eigenvalue weighted by Gasteiger charge is 2.33. The fourth-order valence-corrected chi connectivity index (χ4v) is 2.74. The summed E-state index contributed by atoms with van der Waals surface area (Å²) in [5, 5.41) is 9.07. The lowest BCUT2D eigenvalue weighted by Gasteiger charge is -2.23.